The van der Waals surface area contributed by atoms with Crippen LogP contribution in [0.3, 0.4) is 0 Å². The molecule has 0 aliphatic rings. The molecule has 0 spiro atoms. The molecule has 3 aromatic carbocycles. The lowest BCUT2D eigenvalue weighted by Crippen LogP contribution is -2.30. The van der Waals surface area contributed by atoms with Crippen LogP contribution < -0.4 is 10.1 Å². The van der Waals surface area contributed by atoms with E-state index in [1.807, 2.05) is 56.3 Å². The van der Waals surface area contributed by atoms with E-state index in [9.17, 15) is 4.79 Å². The van der Waals surface area contributed by atoms with Crippen molar-refractivity contribution in [3.8, 4) is 5.75 Å². The van der Waals surface area contributed by atoms with E-state index < -0.39 is 6.10 Å². The Morgan fingerprint density at radius 2 is 1.68 bits per heavy atom. The highest BCUT2D eigenvalue weighted by Gasteiger charge is 2.17. The number of fused-ring (bicyclic) bond motifs is 1. The molecule has 0 unspecified atom stereocenters. The molecule has 0 bridgehead atoms. The molecule has 25 heavy (non-hydrogen) atoms. The van der Waals surface area contributed by atoms with Crippen molar-refractivity contribution in [2.75, 3.05) is 5.32 Å². The lowest BCUT2D eigenvalue weighted by molar-refractivity contribution is -0.122. The van der Waals surface area contributed by atoms with Crippen molar-refractivity contribution in [1.29, 1.82) is 0 Å². The second-order valence-electron chi connectivity index (χ2n) is 6.52. The lowest BCUT2D eigenvalue weighted by atomic mass is 10.1. The predicted molar refractivity (Wildman–Crippen MR) is 103 cm³/mol. The second kappa shape index (κ2) is 6.98. The Kier molecular flexibility index (Phi) is 4.75. The highest BCUT2D eigenvalue weighted by molar-refractivity contribution is 5.96. The van der Waals surface area contributed by atoms with Crippen LogP contribution in [0.5, 0.6) is 5.75 Å². The molecule has 1 amide bonds. The largest absolute Gasteiger partial charge is 0.481 e. The monoisotopic (exact) mass is 333 g/mol. The van der Waals surface area contributed by atoms with Crippen LogP contribution in [0.15, 0.2) is 54.6 Å². The standard InChI is InChI=1S/C22H23NO2/c1-14-11-15(2)16(3)21(12-14)25-17(4)22(24)23-20-10-9-18-7-5-6-8-19(18)13-20/h5-13,17H,1-4H3,(H,23,24)/t17-/m0/s1. The number of ether oxygens (including phenoxy) is 1. The summed E-state index contributed by atoms with van der Waals surface area (Å²) in [6, 6.07) is 18.1. The fourth-order valence-electron chi connectivity index (χ4n) is 2.88. The summed E-state index contributed by atoms with van der Waals surface area (Å²) < 4.78 is 5.92. The third kappa shape index (κ3) is 3.82. The molecule has 1 N–H and O–H groups in total. The number of aryl methyl sites for hydroxylation is 2. The van der Waals surface area contributed by atoms with E-state index in [0.29, 0.717) is 0 Å². The predicted octanol–water partition coefficient (Wildman–Crippen LogP) is 5.17. The van der Waals surface area contributed by atoms with Crippen molar-refractivity contribution < 1.29 is 9.53 Å². The van der Waals surface area contributed by atoms with Gasteiger partial charge >= 0.3 is 0 Å². The number of anilines is 1. The normalized spacial score (nSPS) is 12.0. The molecule has 0 heterocycles. The van der Waals surface area contributed by atoms with Crippen LogP contribution >= 0.6 is 0 Å². The highest BCUT2D eigenvalue weighted by Crippen LogP contribution is 2.25. The third-order valence-corrected chi connectivity index (χ3v) is 4.45. The molecule has 0 fully saturated rings. The van der Waals surface area contributed by atoms with Crippen molar-refractivity contribution in [2.24, 2.45) is 0 Å². The smallest absolute Gasteiger partial charge is 0.265 e. The van der Waals surface area contributed by atoms with E-state index >= 15 is 0 Å². The zero-order chi connectivity index (χ0) is 18.0. The summed E-state index contributed by atoms with van der Waals surface area (Å²) in [4.78, 5) is 12.5. The van der Waals surface area contributed by atoms with Gasteiger partial charge in [0.1, 0.15) is 5.75 Å². The maximum absolute atomic E-state index is 12.5. The summed E-state index contributed by atoms with van der Waals surface area (Å²) in [6.07, 6.45) is -0.577. The van der Waals surface area contributed by atoms with Crippen LogP contribution in [-0.4, -0.2) is 12.0 Å². The van der Waals surface area contributed by atoms with Crippen molar-refractivity contribution in [2.45, 2.75) is 33.8 Å². The van der Waals surface area contributed by atoms with E-state index in [2.05, 4.69) is 24.4 Å². The number of carbonyl (C=O) groups is 1. The maximum Gasteiger partial charge on any atom is 0.265 e. The summed E-state index contributed by atoms with van der Waals surface area (Å²) >= 11 is 0. The summed E-state index contributed by atoms with van der Waals surface area (Å²) in [7, 11) is 0. The Labute approximate surface area is 148 Å². The molecular formula is C22H23NO2. The van der Waals surface area contributed by atoms with Gasteiger partial charge in [0, 0.05) is 5.69 Å². The molecule has 0 aliphatic heterocycles. The molecule has 1 atom stereocenters. The summed E-state index contributed by atoms with van der Waals surface area (Å²) in [5.74, 6) is 0.604. The van der Waals surface area contributed by atoms with Crippen LogP contribution in [0.2, 0.25) is 0 Å². The van der Waals surface area contributed by atoms with Crippen molar-refractivity contribution in [1.82, 2.24) is 0 Å². The fourth-order valence-corrected chi connectivity index (χ4v) is 2.88. The van der Waals surface area contributed by atoms with Gasteiger partial charge in [-0.05, 0) is 73.4 Å². The number of benzene rings is 3. The molecule has 0 radical (unpaired) electrons. The Hall–Kier alpha value is -2.81. The van der Waals surface area contributed by atoms with Gasteiger partial charge in [-0.1, -0.05) is 36.4 Å². The van der Waals surface area contributed by atoms with Gasteiger partial charge in [-0.2, -0.15) is 0 Å². The fraction of sp³-hybridized carbons (Fsp3) is 0.227. The maximum atomic E-state index is 12.5. The quantitative estimate of drug-likeness (QED) is 0.715. The summed E-state index contributed by atoms with van der Waals surface area (Å²) in [5, 5.41) is 5.18. The Balaban J connectivity index is 1.74. The zero-order valence-corrected chi connectivity index (χ0v) is 15.1. The molecule has 3 aromatic rings. The average molecular weight is 333 g/mol. The third-order valence-electron chi connectivity index (χ3n) is 4.45. The van der Waals surface area contributed by atoms with Gasteiger partial charge < -0.3 is 10.1 Å². The number of rotatable bonds is 4. The number of amides is 1. The minimum atomic E-state index is -0.577. The zero-order valence-electron chi connectivity index (χ0n) is 15.1. The van der Waals surface area contributed by atoms with Crippen LogP contribution in [0, 0.1) is 20.8 Å². The average Bonchev–Trinajstić information content (AvgIpc) is 2.59. The molecule has 0 aliphatic carbocycles. The van der Waals surface area contributed by atoms with Gasteiger partial charge in [0.15, 0.2) is 6.10 Å². The first-order valence-electron chi connectivity index (χ1n) is 8.48. The topological polar surface area (TPSA) is 38.3 Å². The first kappa shape index (κ1) is 17.0. The molecule has 3 heteroatoms. The first-order valence-corrected chi connectivity index (χ1v) is 8.48. The molecule has 0 saturated heterocycles. The second-order valence-corrected chi connectivity index (χ2v) is 6.52. The Morgan fingerprint density at radius 1 is 0.960 bits per heavy atom. The van der Waals surface area contributed by atoms with Gasteiger partial charge in [-0.25, -0.2) is 0 Å². The molecule has 3 rings (SSSR count). The van der Waals surface area contributed by atoms with Crippen molar-refractivity contribution >= 4 is 22.4 Å². The molecule has 3 nitrogen and oxygen atoms in total. The Morgan fingerprint density at radius 3 is 2.44 bits per heavy atom. The number of nitrogens with one attached hydrogen (secondary N) is 1. The minimum Gasteiger partial charge on any atom is -0.481 e. The number of carbonyl (C=O) groups excluding carboxylic acids is 1. The van der Waals surface area contributed by atoms with Gasteiger partial charge in [0.2, 0.25) is 0 Å². The van der Waals surface area contributed by atoms with Crippen LogP contribution in [0.4, 0.5) is 5.69 Å². The molecule has 128 valence electrons. The summed E-state index contributed by atoms with van der Waals surface area (Å²) in [5.41, 5.74) is 4.13. The van der Waals surface area contributed by atoms with Crippen LogP contribution in [0.1, 0.15) is 23.6 Å². The van der Waals surface area contributed by atoms with Crippen molar-refractivity contribution in [3.05, 3.63) is 71.3 Å². The molecule has 0 aromatic heterocycles. The lowest BCUT2D eigenvalue weighted by Gasteiger charge is -2.18. The van der Waals surface area contributed by atoms with E-state index in [0.717, 1.165) is 38.9 Å². The number of hydrogen-bond acceptors (Lipinski definition) is 2. The van der Waals surface area contributed by atoms with E-state index in [4.69, 9.17) is 4.74 Å². The van der Waals surface area contributed by atoms with Gasteiger partial charge in [0.25, 0.3) is 5.91 Å². The molecule has 0 saturated carbocycles. The minimum absolute atomic E-state index is 0.158. The molecular weight excluding hydrogens is 310 g/mol. The van der Waals surface area contributed by atoms with Crippen LogP contribution in [0.25, 0.3) is 10.8 Å². The van der Waals surface area contributed by atoms with E-state index in [-0.39, 0.29) is 5.91 Å². The van der Waals surface area contributed by atoms with Crippen molar-refractivity contribution in [3.63, 3.8) is 0 Å². The highest BCUT2D eigenvalue weighted by atomic mass is 16.5. The van der Waals surface area contributed by atoms with Crippen LogP contribution in [-0.2, 0) is 4.79 Å². The van der Waals surface area contributed by atoms with E-state index in [1.165, 1.54) is 0 Å². The Bertz CT molecular complexity index is 930. The van der Waals surface area contributed by atoms with Gasteiger partial charge in [-0.3, -0.25) is 4.79 Å². The summed E-state index contributed by atoms with van der Waals surface area (Å²) in [6.45, 7) is 7.86. The van der Waals surface area contributed by atoms with Gasteiger partial charge in [0.05, 0.1) is 0 Å². The SMILES string of the molecule is Cc1cc(C)c(C)c(O[C@@H](C)C(=O)Nc2ccc3ccccc3c2)c1. The number of hydrogen-bond donors (Lipinski definition) is 1. The van der Waals surface area contributed by atoms with Gasteiger partial charge in [-0.15, -0.1) is 0 Å². The van der Waals surface area contributed by atoms with E-state index in [1.54, 1.807) is 6.92 Å². The first-order chi connectivity index (χ1) is 11.9.